The molecule has 5 nitrogen and oxygen atoms in total. The van der Waals surface area contributed by atoms with Crippen LogP contribution in [-0.2, 0) is 10.0 Å². The zero-order chi connectivity index (χ0) is 12.0. The molecule has 1 rings (SSSR count). The number of hydrogen-bond acceptors (Lipinski definition) is 4. The van der Waals surface area contributed by atoms with Gasteiger partial charge in [-0.15, -0.1) is 0 Å². The molecule has 0 aliphatic heterocycles. The molecule has 0 spiro atoms. The second kappa shape index (κ2) is 6.09. The lowest BCUT2D eigenvalue weighted by molar-refractivity contribution is 0.585. The maximum atomic E-state index is 11.7. The van der Waals surface area contributed by atoms with Crippen molar-refractivity contribution in [1.82, 2.24) is 9.71 Å². The van der Waals surface area contributed by atoms with Crippen molar-refractivity contribution in [1.29, 1.82) is 0 Å². The van der Waals surface area contributed by atoms with Crippen LogP contribution in [0.5, 0.6) is 0 Å². The number of nitrogens with two attached hydrogens (primary N) is 1. The summed E-state index contributed by atoms with van der Waals surface area (Å²) in [6.07, 6.45) is 6.15. The van der Waals surface area contributed by atoms with Crippen molar-refractivity contribution in [2.45, 2.75) is 4.90 Å². The Kier molecular flexibility index (Phi) is 5.07. The summed E-state index contributed by atoms with van der Waals surface area (Å²) < 4.78 is 26.4. The van der Waals surface area contributed by atoms with Gasteiger partial charge in [-0.2, -0.15) is 0 Å². The average Bonchev–Trinajstić information content (AvgIpc) is 2.24. The third kappa shape index (κ3) is 4.01. The summed E-state index contributed by atoms with van der Waals surface area (Å²) in [6.45, 7) is 0.603. The number of halogens is 1. The summed E-state index contributed by atoms with van der Waals surface area (Å²) in [5.41, 5.74) is 5.23. The molecule has 1 heterocycles. The third-order valence-corrected chi connectivity index (χ3v) is 3.51. The molecule has 0 aliphatic carbocycles. The molecule has 0 amide bonds. The van der Waals surface area contributed by atoms with Crippen molar-refractivity contribution >= 4 is 26.0 Å². The van der Waals surface area contributed by atoms with Gasteiger partial charge in [0.15, 0.2) is 0 Å². The van der Waals surface area contributed by atoms with E-state index >= 15 is 0 Å². The number of aromatic nitrogens is 1. The van der Waals surface area contributed by atoms with Crippen molar-refractivity contribution in [2.75, 3.05) is 13.1 Å². The highest BCUT2D eigenvalue weighted by Crippen LogP contribution is 2.13. The van der Waals surface area contributed by atoms with E-state index in [1.165, 1.54) is 18.5 Å². The highest BCUT2D eigenvalue weighted by atomic mass is 79.9. The molecule has 1 aromatic heterocycles. The second-order valence-electron chi connectivity index (χ2n) is 2.90. The van der Waals surface area contributed by atoms with Crippen LogP contribution in [0.4, 0.5) is 0 Å². The highest BCUT2D eigenvalue weighted by molar-refractivity contribution is 9.10. The Balaban J connectivity index is 2.75. The van der Waals surface area contributed by atoms with Crippen molar-refractivity contribution in [3.05, 3.63) is 35.1 Å². The van der Waals surface area contributed by atoms with Crippen molar-refractivity contribution < 1.29 is 8.42 Å². The van der Waals surface area contributed by atoms with E-state index in [0.29, 0.717) is 11.0 Å². The van der Waals surface area contributed by atoms with Gasteiger partial charge in [0.25, 0.3) is 0 Å². The zero-order valence-corrected chi connectivity index (χ0v) is 10.8. The molecule has 3 N–H and O–H groups in total. The Morgan fingerprint density at radius 3 is 2.81 bits per heavy atom. The average molecular weight is 306 g/mol. The van der Waals surface area contributed by atoms with Crippen LogP contribution in [0.3, 0.4) is 0 Å². The summed E-state index contributed by atoms with van der Waals surface area (Å²) in [7, 11) is -3.50. The fraction of sp³-hybridized carbons (Fsp3) is 0.222. The predicted octanol–water partition coefficient (Wildman–Crippen LogP) is 0.637. The molecular weight excluding hydrogens is 294 g/mol. The van der Waals surface area contributed by atoms with E-state index in [0.717, 1.165) is 0 Å². The first-order chi connectivity index (χ1) is 7.56. The number of pyridine rings is 1. The molecule has 0 aliphatic rings. The molecule has 1 aromatic rings. The van der Waals surface area contributed by atoms with Crippen molar-refractivity contribution in [3.8, 4) is 0 Å². The van der Waals surface area contributed by atoms with Gasteiger partial charge in [0.2, 0.25) is 10.0 Å². The van der Waals surface area contributed by atoms with E-state index in [4.69, 9.17) is 5.73 Å². The summed E-state index contributed by atoms with van der Waals surface area (Å²) in [6, 6.07) is 1.49. The number of sulfonamides is 1. The minimum absolute atomic E-state index is 0.128. The van der Waals surface area contributed by atoms with E-state index in [9.17, 15) is 8.42 Å². The highest BCUT2D eigenvalue weighted by Gasteiger charge is 2.12. The predicted molar refractivity (Wildman–Crippen MR) is 65.3 cm³/mol. The fourth-order valence-electron chi connectivity index (χ4n) is 0.960. The SMILES string of the molecule is NC/C=C/CNS(=O)(=O)c1cncc(Br)c1. The molecule has 0 saturated carbocycles. The van der Waals surface area contributed by atoms with Gasteiger partial charge in [-0.1, -0.05) is 12.2 Å². The Bertz CT molecular complexity index is 473. The van der Waals surface area contributed by atoms with Gasteiger partial charge in [0, 0.05) is 30.0 Å². The van der Waals surface area contributed by atoms with E-state index in [1.54, 1.807) is 12.2 Å². The largest absolute Gasteiger partial charge is 0.327 e. The van der Waals surface area contributed by atoms with Crippen molar-refractivity contribution in [3.63, 3.8) is 0 Å². The molecule has 0 fully saturated rings. The number of nitrogens with one attached hydrogen (secondary N) is 1. The van der Waals surface area contributed by atoms with Gasteiger partial charge in [-0.3, -0.25) is 4.98 Å². The van der Waals surface area contributed by atoms with Crippen LogP contribution in [0.2, 0.25) is 0 Å². The maximum absolute atomic E-state index is 11.7. The lowest BCUT2D eigenvalue weighted by Gasteiger charge is -2.04. The second-order valence-corrected chi connectivity index (χ2v) is 5.58. The lowest BCUT2D eigenvalue weighted by atomic mass is 10.5. The standard InChI is InChI=1S/C9H12BrN3O2S/c10-8-5-9(7-12-6-8)16(14,15)13-4-2-1-3-11/h1-2,5-7,13H,3-4,11H2/b2-1+. The first kappa shape index (κ1) is 13.3. The van der Waals surface area contributed by atoms with Crippen LogP contribution in [0.25, 0.3) is 0 Å². The molecular formula is C9H12BrN3O2S. The van der Waals surface area contributed by atoms with E-state index in [1.807, 2.05) is 0 Å². The van der Waals surface area contributed by atoms with Crippen LogP contribution in [0, 0.1) is 0 Å². The zero-order valence-electron chi connectivity index (χ0n) is 8.43. The van der Waals surface area contributed by atoms with Crippen LogP contribution in [0.1, 0.15) is 0 Å². The van der Waals surface area contributed by atoms with E-state index in [2.05, 4.69) is 25.6 Å². The Morgan fingerprint density at radius 2 is 2.19 bits per heavy atom. The minimum Gasteiger partial charge on any atom is -0.327 e. The fourth-order valence-corrected chi connectivity index (χ4v) is 2.44. The number of nitrogens with zero attached hydrogens (tertiary/aromatic N) is 1. The maximum Gasteiger partial charge on any atom is 0.242 e. The van der Waals surface area contributed by atoms with Gasteiger partial charge in [0.1, 0.15) is 4.90 Å². The summed E-state index contributed by atoms with van der Waals surface area (Å²) in [4.78, 5) is 3.92. The smallest absolute Gasteiger partial charge is 0.242 e. The molecule has 0 radical (unpaired) electrons. The van der Waals surface area contributed by atoms with Gasteiger partial charge in [-0.25, -0.2) is 13.1 Å². The summed E-state index contributed by atoms with van der Waals surface area (Å²) >= 11 is 3.16. The van der Waals surface area contributed by atoms with Gasteiger partial charge in [0.05, 0.1) is 0 Å². The van der Waals surface area contributed by atoms with Crippen LogP contribution in [-0.4, -0.2) is 26.5 Å². The quantitative estimate of drug-likeness (QED) is 0.782. The Hall–Kier alpha value is -0.760. The first-order valence-corrected chi connectivity index (χ1v) is 6.79. The van der Waals surface area contributed by atoms with E-state index in [-0.39, 0.29) is 11.4 Å². The molecule has 0 saturated heterocycles. The normalized spacial score (nSPS) is 12.1. The van der Waals surface area contributed by atoms with Gasteiger partial charge < -0.3 is 5.73 Å². The van der Waals surface area contributed by atoms with Crippen LogP contribution in [0.15, 0.2) is 40.0 Å². The molecule has 0 atom stereocenters. The number of rotatable bonds is 5. The lowest BCUT2D eigenvalue weighted by Crippen LogP contribution is -2.24. The molecule has 0 aromatic carbocycles. The van der Waals surface area contributed by atoms with Gasteiger partial charge >= 0.3 is 0 Å². The summed E-state index contributed by atoms with van der Waals surface area (Å²) in [5.74, 6) is 0. The topological polar surface area (TPSA) is 85.1 Å². The summed E-state index contributed by atoms with van der Waals surface area (Å²) in [5, 5.41) is 0. The molecule has 0 unspecified atom stereocenters. The van der Waals surface area contributed by atoms with Crippen LogP contribution < -0.4 is 10.5 Å². The number of hydrogen-bond donors (Lipinski definition) is 2. The Labute approximate surface area is 103 Å². The van der Waals surface area contributed by atoms with Gasteiger partial charge in [-0.05, 0) is 22.0 Å². The van der Waals surface area contributed by atoms with Crippen LogP contribution >= 0.6 is 15.9 Å². The molecule has 88 valence electrons. The molecule has 0 bridgehead atoms. The first-order valence-electron chi connectivity index (χ1n) is 4.51. The van der Waals surface area contributed by atoms with E-state index < -0.39 is 10.0 Å². The Morgan fingerprint density at radius 1 is 1.44 bits per heavy atom. The third-order valence-electron chi connectivity index (χ3n) is 1.68. The van der Waals surface area contributed by atoms with Crippen molar-refractivity contribution in [2.24, 2.45) is 5.73 Å². The molecule has 16 heavy (non-hydrogen) atoms. The minimum atomic E-state index is -3.50. The molecule has 7 heteroatoms. The monoisotopic (exact) mass is 305 g/mol.